The molecule has 0 radical (unpaired) electrons. The number of fused-ring (bicyclic) bond motifs is 1. The Morgan fingerprint density at radius 1 is 1.30 bits per heavy atom. The van der Waals surface area contributed by atoms with E-state index in [4.69, 9.17) is 9.84 Å². The van der Waals surface area contributed by atoms with Crippen LogP contribution in [0, 0.1) is 25.2 Å². The van der Waals surface area contributed by atoms with Gasteiger partial charge in [0.2, 0.25) is 0 Å². The van der Waals surface area contributed by atoms with Crippen LogP contribution >= 0.6 is 0 Å². The van der Waals surface area contributed by atoms with Crippen LogP contribution in [0.2, 0.25) is 0 Å². The molecular weight excluding hydrogens is 418 g/mol. The fourth-order valence-electron chi connectivity index (χ4n) is 5.47. The van der Waals surface area contributed by atoms with Gasteiger partial charge in [0.05, 0.1) is 22.5 Å². The first kappa shape index (κ1) is 23.5. The van der Waals surface area contributed by atoms with Gasteiger partial charge in [-0.1, -0.05) is 19.9 Å². The Labute approximate surface area is 195 Å². The minimum absolute atomic E-state index is 0.00929. The van der Waals surface area contributed by atoms with Gasteiger partial charge in [-0.25, -0.2) is 4.79 Å². The fourth-order valence-corrected chi connectivity index (χ4v) is 5.47. The van der Waals surface area contributed by atoms with Crippen LogP contribution in [-0.4, -0.2) is 46.5 Å². The molecule has 7 heteroatoms. The summed E-state index contributed by atoms with van der Waals surface area (Å²) in [4.78, 5) is 24.6. The summed E-state index contributed by atoms with van der Waals surface area (Å²) in [6.45, 7) is 11.0. The molecular formula is C26H35N3O4. The molecule has 0 bridgehead atoms. The molecule has 2 aliphatic heterocycles. The lowest BCUT2D eigenvalue weighted by Gasteiger charge is -2.36. The summed E-state index contributed by atoms with van der Waals surface area (Å²) in [5.41, 5.74) is 6.09. The molecule has 1 spiro atoms. The molecule has 1 aromatic heterocycles. The number of aryl methyl sites for hydroxylation is 2. The van der Waals surface area contributed by atoms with E-state index >= 15 is 0 Å². The van der Waals surface area contributed by atoms with Crippen molar-refractivity contribution in [2.45, 2.75) is 66.3 Å². The maximum atomic E-state index is 13.0. The Morgan fingerprint density at radius 3 is 2.70 bits per heavy atom. The van der Waals surface area contributed by atoms with Crippen molar-refractivity contribution in [3.05, 3.63) is 51.3 Å². The molecule has 1 saturated heterocycles. The van der Waals surface area contributed by atoms with Gasteiger partial charge < -0.3 is 15.2 Å². The number of carboxylic acids is 1. The number of rotatable bonds is 6. The van der Waals surface area contributed by atoms with Crippen LogP contribution in [-0.2, 0) is 30.5 Å². The first-order chi connectivity index (χ1) is 15.7. The Morgan fingerprint density at radius 2 is 2.03 bits per heavy atom. The third-order valence-electron chi connectivity index (χ3n) is 7.51. The Bertz CT molecular complexity index is 1070. The summed E-state index contributed by atoms with van der Waals surface area (Å²) in [6.07, 6.45) is 4.19. The third-order valence-corrected chi connectivity index (χ3v) is 7.51. The molecule has 33 heavy (non-hydrogen) atoms. The summed E-state index contributed by atoms with van der Waals surface area (Å²) in [7, 11) is 0. The molecule has 178 valence electrons. The van der Waals surface area contributed by atoms with E-state index in [0.29, 0.717) is 25.1 Å². The molecule has 4 rings (SSSR count). The monoisotopic (exact) mass is 453 g/mol. The molecule has 0 saturated carbocycles. The number of amides is 1. The number of hydrogen-bond acceptors (Lipinski definition) is 4. The highest BCUT2D eigenvalue weighted by Crippen LogP contribution is 2.37. The Balaban J connectivity index is 1.64. The van der Waals surface area contributed by atoms with Crippen molar-refractivity contribution in [1.82, 2.24) is 15.1 Å². The van der Waals surface area contributed by atoms with Crippen LogP contribution in [0.25, 0.3) is 0 Å². The molecule has 1 amide bonds. The van der Waals surface area contributed by atoms with E-state index < -0.39 is 5.97 Å². The highest BCUT2D eigenvalue weighted by atomic mass is 16.5. The SMILES string of the molecule is CCc1nn(C[C@H](C)Cc2c(C)ccc(C(=O)O)c2C)c2c1C(=O)NCC1(CCOCC1)C2. The van der Waals surface area contributed by atoms with Crippen molar-refractivity contribution in [3.8, 4) is 0 Å². The summed E-state index contributed by atoms with van der Waals surface area (Å²) in [5.74, 6) is -0.666. The van der Waals surface area contributed by atoms with Gasteiger partial charge in [-0.05, 0) is 80.0 Å². The molecule has 1 fully saturated rings. The summed E-state index contributed by atoms with van der Waals surface area (Å²) in [5, 5.41) is 17.6. The van der Waals surface area contributed by atoms with Crippen molar-refractivity contribution in [1.29, 1.82) is 0 Å². The largest absolute Gasteiger partial charge is 0.478 e. The first-order valence-corrected chi connectivity index (χ1v) is 12.0. The van der Waals surface area contributed by atoms with Crippen LogP contribution in [0.4, 0.5) is 0 Å². The average molecular weight is 454 g/mol. The highest BCUT2D eigenvalue weighted by Gasteiger charge is 2.39. The summed E-state index contributed by atoms with van der Waals surface area (Å²) < 4.78 is 7.67. The molecule has 3 heterocycles. The number of aromatic nitrogens is 2. The second-order valence-corrected chi connectivity index (χ2v) is 9.92. The molecule has 1 atom stereocenters. The van der Waals surface area contributed by atoms with Crippen LogP contribution in [0.3, 0.4) is 0 Å². The molecule has 0 unspecified atom stereocenters. The number of nitrogens with zero attached hydrogens (tertiary/aromatic N) is 2. The minimum atomic E-state index is -0.890. The van der Waals surface area contributed by atoms with Gasteiger partial charge in [0.15, 0.2) is 0 Å². The van der Waals surface area contributed by atoms with E-state index in [1.165, 1.54) is 0 Å². The summed E-state index contributed by atoms with van der Waals surface area (Å²) >= 11 is 0. The number of carbonyl (C=O) groups is 2. The number of carboxylic acid groups (broad SMARTS) is 1. The standard InChI is InChI=1S/C26H35N3O4/c1-5-21-23-22(13-26(15-27-24(23)30)8-10-33-11-9-26)29(28-21)14-16(2)12-20-17(3)6-7-19(18(20)4)25(31)32/h6-7,16H,5,8-15H2,1-4H3,(H,27,30)(H,31,32)/t16-/m1/s1. The lowest BCUT2D eigenvalue weighted by Crippen LogP contribution is -2.40. The smallest absolute Gasteiger partial charge is 0.335 e. The predicted molar refractivity (Wildman–Crippen MR) is 126 cm³/mol. The topological polar surface area (TPSA) is 93.5 Å². The molecule has 1 aromatic carbocycles. The predicted octanol–water partition coefficient (Wildman–Crippen LogP) is 3.72. The lowest BCUT2D eigenvalue weighted by atomic mass is 9.76. The molecule has 2 N–H and O–H groups in total. The van der Waals surface area contributed by atoms with Crippen LogP contribution in [0.5, 0.6) is 0 Å². The summed E-state index contributed by atoms with van der Waals surface area (Å²) in [6, 6.07) is 3.58. The van der Waals surface area contributed by atoms with Crippen molar-refractivity contribution in [2.75, 3.05) is 19.8 Å². The fraction of sp³-hybridized carbons (Fsp3) is 0.577. The number of aromatic carboxylic acids is 1. The van der Waals surface area contributed by atoms with Gasteiger partial charge in [-0.15, -0.1) is 0 Å². The van der Waals surface area contributed by atoms with Crippen LogP contribution < -0.4 is 5.32 Å². The quantitative estimate of drug-likeness (QED) is 0.695. The van der Waals surface area contributed by atoms with E-state index in [-0.39, 0.29) is 17.2 Å². The highest BCUT2D eigenvalue weighted by molar-refractivity contribution is 5.97. The minimum Gasteiger partial charge on any atom is -0.478 e. The molecule has 7 nitrogen and oxygen atoms in total. The molecule has 2 aromatic rings. The maximum Gasteiger partial charge on any atom is 0.335 e. The zero-order valence-electron chi connectivity index (χ0n) is 20.2. The second-order valence-electron chi connectivity index (χ2n) is 9.92. The zero-order chi connectivity index (χ0) is 23.8. The molecule has 2 aliphatic rings. The first-order valence-electron chi connectivity index (χ1n) is 12.0. The van der Waals surface area contributed by atoms with Crippen molar-refractivity contribution in [2.24, 2.45) is 11.3 Å². The van der Waals surface area contributed by atoms with Gasteiger partial charge in [0.1, 0.15) is 0 Å². The van der Waals surface area contributed by atoms with Crippen molar-refractivity contribution in [3.63, 3.8) is 0 Å². The normalized spacial score (nSPS) is 18.5. The van der Waals surface area contributed by atoms with Gasteiger partial charge in [-0.3, -0.25) is 9.48 Å². The number of hydrogen-bond donors (Lipinski definition) is 2. The molecule has 0 aliphatic carbocycles. The Hall–Kier alpha value is -2.67. The Kier molecular flexibility index (Phi) is 6.61. The van der Waals surface area contributed by atoms with Crippen molar-refractivity contribution >= 4 is 11.9 Å². The average Bonchev–Trinajstić information content (AvgIpc) is 3.04. The van der Waals surface area contributed by atoms with Gasteiger partial charge >= 0.3 is 5.97 Å². The number of ether oxygens (including phenoxy) is 1. The maximum absolute atomic E-state index is 13.0. The van der Waals surface area contributed by atoms with Gasteiger partial charge in [0, 0.05) is 26.3 Å². The van der Waals surface area contributed by atoms with E-state index in [9.17, 15) is 14.7 Å². The van der Waals surface area contributed by atoms with Crippen LogP contribution in [0.15, 0.2) is 12.1 Å². The van der Waals surface area contributed by atoms with E-state index in [2.05, 4.69) is 16.9 Å². The van der Waals surface area contributed by atoms with E-state index in [1.807, 2.05) is 26.8 Å². The van der Waals surface area contributed by atoms with E-state index in [0.717, 1.165) is 72.5 Å². The number of benzene rings is 1. The zero-order valence-corrected chi connectivity index (χ0v) is 20.2. The number of nitrogens with one attached hydrogen (secondary N) is 1. The number of carbonyl (C=O) groups excluding carboxylic acids is 1. The van der Waals surface area contributed by atoms with Gasteiger partial charge in [0.25, 0.3) is 5.91 Å². The van der Waals surface area contributed by atoms with Crippen LogP contribution in [0.1, 0.15) is 75.5 Å². The second kappa shape index (κ2) is 9.29. The van der Waals surface area contributed by atoms with E-state index in [1.54, 1.807) is 6.07 Å². The lowest BCUT2D eigenvalue weighted by molar-refractivity contribution is 0.0152. The third kappa shape index (κ3) is 4.56. The van der Waals surface area contributed by atoms with Gasteiger partial charge in [-0.2, -0.15) is 5.10 Å². The van der Waals surface area contributed by atoms with Crippen molar-refractivity contribution < 1.29 is 19.4 Å².